The molecule has 2 rings (SSSR count). The molecule has 19 heavy (non-hydrogen) atoms. The van der Waals surface area contributed by atoms with Crippen molar-refractivity contribution in [2.24, 2.45) is 0 Å². The van der Waals surface area contributed by atoms with Crippen LogP contribution in [0.5, 0.6) is 0 Å². The van der Waals surface area contributed by atoms with E-state index < -0.39 is 6.04 Å². The molecule has 0 aliphatic rings. The fraction of sp³-hybridized carbons (Fsp3) is 0.200. The summed E-state index contributed by atoms with van der Waals surface area (Å²) in [6, 6.07) is 12.0. The van der Waals surface area contributed by atoms with Crippen molar-refractivity contribution in [3.05, 3.63) is 59.9 Å². The number of hydrogen-bond acceptors (Lipinski definition) is 3. The summed E-state index contributed by atoms with van der Waals surface area (Å²) in [4.78, 5) is 23.2. The van der Waals surface area contributed by atoms with Crippen molar-refractivity contribution in [3.8, 4) is 0 Å². The minimum atomic E-state index is -0.628. The van der Waals surface area contributed by atoms with Gasteiger partial charge in [0.05, 0.1) is 12.3 Å². The van der Waals surface area contributed by atoms with Crippen LogP contribution in [-0.2, 0) is 9.53 Å². The van der Waals surface area contributed by atoms with E-state index in [-0.39, 0.29) is 5.97 Å². The van der Waals surface area contributed by atoms with Gasteiger partial charge in [-0.2, -0.15) is 0 Å². The maximum atomic E-state index is 12.2. The van der Waals surface area contributed by atoms with E-state index >= 15 is 0 Å². The molecule has 0 saturated carbocycles. The molecule has 1 atom stereocenters. The van der Waals surface area contributed by atoms with Gasteiger partial charge in [0.15, 0.2) is 12.3 Å². The van der Waals surface area contributed by atoms with E-state index in [0.717, 1.165) is 11.8 Å². The molecule has 0 fully saturated rings. The largest absolute Gasteiger partial charge is 0.464 e. The topological polar surface area (TPSA) is 48.3 Å². The lowest BCUT2D eigenvalue weighted by molar-refractivity contribution is -0.145. The molecule has 0 spiro atoms. The number of benzene rings is 1. The number of aldehydes is 1. The van der Waals surface area contributed by atoms with E-state index in [2.05, 4.69) is 0 Å². The van der Waals surface area contributed by atoms with Gasteiger partial charge in [-0.05, 0) is 24.6 Å². The molecule has 0 bridgehead atoms. The zero-order valence-electron chi connectivity index (χ0n) is 10.7. The van der Waals surface area contributed by atoms with Gasteiger partial charge in [-0.25, -0.2) is 4.79 Å². The van der Waals surface area contributed by atoms with Gasteiger partial charge in [0, 0.05) is 6.20 Å². The van der Waals surface area contributed by atoms with E-state index in [1.165, 1.54) is 0 Å². The Balaban J connectivity index is 2.46. The Bertz CT molecular complexity index is 560. The highest BCUT2D eigenvalue weighted by atomic mass is 16.5. The van der Waals surface area contributed by atoms with Crippen LogP contribution in [0.3, 0.4) is 0 Å². The molecule has 1 aromatic heterocycles. The summed E-state index contributed by atoms with van der Waals surface area (Å²) in [6.45, 7) is 2.07. The van der Waals surface area contributed by atoms with Crippen molar-refractivity contribution >= 4 is 12.3 Å². The van der Waals surface area contributed by atoms with E-state index in [1.807, 2.05) is 30.3 Å². The highest BCUT2D eigenvalue weighted by molar-refractivity contribution is 5.80. The molecule has 0 radical (unpaired) electrons. The minimum absolute atomic E-state index is 0.305. The zero-order valence-corrected chi connectivity index (χ0v) is 10.7. The summed E-state index contributed by atoms with van der Waals surface area (Å²) in [5.41, 5.74) is 1.24. The van der Waals surface area contributed by atoms with Crippen LogP contribution in [0.15, 0.2) is 48.7 Å². The second-order valence-corrected chi connectivity index (χ2v) is 4.02. The molecule has 98 valence electrons. The predicted octanol–water partition coefficient (Wildman–Crippen LogP) is 2.45. The number of aromatic nitrogens is 1. The van der Waals surface area contributed by atoms with E-state index in [9.17, 15) is 9.59 Å². The standard InChI is InChI=1S/C15H15NO3/c1-2-19-15(18)14(12-7-4-3-5-8-12)16-10-6-9-13(16)11-17/h3-11,14H,2H2,1H3/t14-/m0/s1. The maximum Gasteiger partial charge on any atom is 0.333 e. The second-order valence-electron chi connectivity index (χ2n) is 4.02. The van der Waals surface area contributed by atoms with Crippen LogP contribution >= 0.6 is 0 Å². The van der Waals surface area contributed by atoms with Gasteiger partial charge in [0.25, 0.3) is 0 Å². The number of hydrogen-bond donors (Lipinski definition) is 0. The predicted molar refractivity (Wildman–Crippen MR) is 71.0 cm³/mol. The number of esters is 1. The van der Waals surface area contributed by atoms with E-state index in [0.29, 0.717) is 12.3 Å². The lowest BCUT2D eigenvalue weighted by Crippen LogP contribution is -2.24. The highest BCUT2D eigenvalue weighted by Gasteiger charge is 2.24. The first kappa shape index (κ1) is 13.1. The summed E-state index contributed by atoms with van der Waals surface area (Å²) in [5.74, 6) is -0.368. The average molecular weight is 257 g/mol. The summed E-state index contributed by atoms with van der Waals surface area (Å²) in [5, 5.41) is 0. The van der Waals surface area contributed by atoms with Crippen LogP contribution < -0.4 is 0 Å². The number of ether oxygens (including phenoxy) is 1. The molecule has 2 aromatic rings. The van der Waals surface area contributed by atoms with Crippen LogP contribution in [0.2, 0.25) is 0 Å². The number of nitrogens with zero attached hydrogens (tertiary/aromatic N) is 1. The Hall–Kier alpha value is -2.36. The molecular weight excluding hydrogens is 242 g/mol. The van der Waals surface area contributed by atoms with Gasteiger partial charge in [-0.1, -0.05) is 30.3 Å². The van der Waals surface area contributed by atoms with Crippen molar-refractivity contribution in [2.45, 2.75) is 13.0 Å². The molecule has 1 heterocycles. The Morgan fingerprint density at radius 2 is 2.00 bits per heavy atom. The zero-order chi connectivity index (χ0) is 13.7. The van der Waals surface area contributed by atoms with Crippen LogP contribution in [0, 0.1) is 0 Å². The van der Waals surface area contributed by atoms with Gasteiger partial charge in [-0.3, -0.25) is 4.79 Å². The van der Waals surface area contributed by atoms with E-state index in [1.54, 1.807) is 29.8 Å². The lowest BCUT2D eigenvalue weighted by atomic mass is 10.1. The van der Waals surface area contributed by atoms with Crippen LogP contribution in [0.25, 0.3) is 0 Å². The van der Waals surface area contributed by atoms with Gasteiger partial charge in [-0.15, -0.1) is 0 Å². The fourth-order valence-electron chi connectivity index (χ4n) is 2.01. The fourth-order valence-corrected chi connectivity index (χ4v) is 2.01. The number of carbonyl (C=O) groups excluding carboxylic acids is 2. The maximum absolute atomic E-state index is 12.2. The molecule has 1 aromatic carbocycles. The lowest BCUT2D eigenvalue weighted by Gasteiger charge is -2.19. The van der Waals surface area contributed by atoms with Crippen molar-refractivity contribution in [1.29, 1.82) is 0 Å². The van der Waals surface area contributed by atoms with Gasteiger partial charge >= 0.3 is 5.97 Å². The van der Waals surface area contributed by atoms with Gasteiger partial charge in [0.2, 0.25) is 0 Å². The van der Waals surface area contributed by atoms with Gasteiger partial charge in [0.1, 0.15) is 0 Å². The molecule has 0 unspecified atom stereocenters. The molecule has 0 aliphatic heterocycles. The highest BCUT2D eigenvalue weighted by Crippen LogP contribution is 2.22. The molecule has 4 heteroatoms. The van der Waals surface area contributed by atoms with Crippen molar-refractivity contribution in [2.75, 3.05) is 6.61 Å². The molecule has 0 N–H and O–H groups in total. The first-order chi connectivity index (χ1) is 9.27. The van der Waals surface area contributed by atoms with Crippen LogP contribution in [-0.4, -0.2) is 23.4 Å². The first-order valence-electron chi connectivity index (χ1n) is 6.11. The summed E-state index contributed by atoms with van der Waals surface area (Å²) >= 11 is 0. The Morgan fingerprint density at radius 1 is 1.26 bits per heavy atom. The Labute approximate surface area is 111 Å². The third kappa shape index (κ3) is 2.73. The molecule has 0 amide bonds. The second kappa shape index (κ2) is 6.00. The van der Waals surface area contributed by atoms with Crippen molar-refractivity contribution < 1.29 is 14.3 Å². The van der Waals surface area contributed by atoms with Crippen molar-refractivity contribution in [1.82, 2.24) is 4.57 Å². The molecule has 0 aliphatic carbocycles. The minimum Gasteiger partial charge on any atom is -0.464 e. The summed E-state index contributed by atoms with van der Waals surface area (Å²) < 4.78 is 6.73. The first-order valence-corrected chi connectivity index (χ1v) is 6.11. The molecule has 0 saturated heterocycles. The monoisotopic (exact) mass is 257 g/mol. The van der Waals surface area contributed by atoms with Crippen LogP contribution in [0.4, 0.5) is 0 Å². The van der Waals surface area contributed by atoms with Gasteiger partial charge < -0.3 is 9.30 Å². The van der Waals surface area contributed by atoms with Crippen molar-refractivity contribution in [3.63, 3.8) is 0 Å². The van der Waals surface area contributed by atoms with E-state index in [4.69, 9.17) is 4.74 Å². The Morgan fingerprint density at radius 3 is 2.63 bits per heavy atom. The number of carbonyl (C=O) groups is 2. The summed E-state index contributed by atoms with van der Waals surface area (Å²) in [7, 11) is 0. The smallest absolute Gasteiger partial charge is 0.333 e. The summed E-state index contributed by atoms with van der Waals surface area (Å²) in [6.07, 6.45) is 2.44. The Kier molecular flexibility index (Phi) is 4.13. The molecular formula is C15H15NO3. The SMILES string of the molecule is CCOC(=O)[C@H](c1ccccc1)n1cccc1C=O. The third-order valence-corrected chi connectivity index (χ3v) is 2.84. The normalized spacial score (nSPS) is 11.8. The molecule has 4 nitrogen and oxygen atoms in total. The quantitative estimate of drug-likeness (QED) is 0.610. The van der Waals surface area contributed by atoms with Crippen LogP contribution in [0.1, 0.15) is 29.0 Å². The third-order valence-electron chi connectivity index (χ3n) is 2.84. The average Bonchev–Trinajstić information content (AvgIpc) is 2.89. The number of rotatable bonds is 5.